The Bertz CT molecular complexity index is 242. The highest BCUT2D eigenvalue weighted by Gasteiger charge is 2.04. The number of aliphatic hydroxyl groups is 1. The summed E-state index contributed by atoms with van der Waals surface area (Å²) in [6.45, 7) is 5.63. The van der Waals surface area contributed by atoms with Crippen molar-refractivity contribution in [2.45, 2.75) is 39.8 Å². The van der Waals surface area contributed by atoms with Gasteiger partial charge in [-0.1, -0.05) is 20.3 Å². The molecule has 0 aromatic carbocycles. The summed E-state index contributed by atoms with van der Waals surface area (Å²) in [4.78, 5) is 0. The van der Waals surface area contributed by atoms with Crippen LogP contribution in [0.4, 0.5) is 0 Å². The first-order chi connectivity index (χ1) is 6.27. The zero-order valence-electron chi connectivity index (χ0n) is 8.53. The third-order valence-corrected chi connectivity index (χ3v) is 2.38. The molecule has 2 nitrogen and oxygen atoms in total. The molecule has 0 bridgehead atoms. The Kier molecular flexibility index (Phi) is 4.03. The first-order valence-corrected chi connectivity index (χ1v) is 5.02. The van der Waals surface area contributed by atoms with Crippen molar-refractivity contribution < 1.29 is 5.11 Å². The summed E-state index contributed by atoms with van der Waals surface area (Å²) in [7, 11) is 0. The van der Waals surface area contributed by atoms with Crippen LogP contribution in [0.3, 0.4) is 0 Å². The van der Waals surface area contributed by atoms with E-state index in [9.17, 15) is 0 Å². The number of rotatable bonds is 5. The minimum absolute atomic E-state index is 0.145. The van der Waals surface area contributed by atoms with E-state index >= 15 is 0 Å². The van der Waals surface area contributed by atoms with Crippen LogP contribution in [0.5, 0.6) is 0 Å². The smallest absolute Gasteiger partial charge is 0.0832 e. The summed E-state index contributed by atoms with van der Waals surface area (Å²) < 4.78 is 2.14. The zero-order valence-corrected chi connectivity index (χ0v) is 8.53. The molecule has 0 saturated heterocycles. The molecule has 1 rings (SSSR count). The van der Waals surface area contributed by atoms with Gasteiger partial charge in [-0.3, -0.25) is 0 Å². The Morgan fingerprint density at radius 1 is 1.54 bits per heavy atom. The molecule has 0 radical (unpaired) electrons. The summed E-state index contributed by atoms with van der Waals surface area (Å²) in [5.74, 6) is 0.697. The van der Waals surface area contributed by atoms with Crippen molar-refractivity contribution in [1.82, 2.24) is 4.57 Å². The molecule has 0 spiro atoms. The van der Waals surface area contributed by atoms with Gasteiger partial charge in [0.2, 0.25) is 0 Å². The summed E-state index contributed by atoms with van der Waals surface area (Å²) in [6.07, 6.45) is 4.53. The van der Waals surface area contributed by atoms with Crippen LogP contribution in [0.2, 0.25) is 0 Å². The van der Waals surface area contributed by atoms with Gasteiger partial charge in [0.1, 0.15) is 0 Å². The molecule has 0 aliphatic heterocycles. The molecule has 0 amide bonds. The lowest BCUT2D eigenvalue weighted by atomic mass is 10.1. The maximum atomic E-state index is 9.03. The van der Waals surface area contributed by atoms with Crippen LogP contribution >= 0.6 is 0 Å². The second-order valence-corrected chi connectivity index (χ2v) is 3.70. The minimum Gasteiger partial charge on any atom is -0.390 e. The van der Waals surface area contributed by atoms with Crippen LogP contribution < -0.4 is 0 Å². The third kappa shape index (κ3) is 2.88. The van der Waals surface area contributed by atoms with Crippen LogP contribution in [0.1, 0.15) is 32.4 Å². The van der Waals surface area contributed by atoms with Crippen molar-refractivity contribution in [2.24, 2.45) is 5.92 Å². The molecule has 1 heterocycles. The van der Waals surface area contributed by atoms with Crippen molar-refractivity contribution in [3.05, 3.63) is 24.0 Å². The van der Waals surface area contributed by atoms with Gasteiger partial charge in [-0.25, -0.2) is 0 Å². The van der Waals surface area contributed by atoms with Crippen molar-refractivity contribution in [2.75, 3.05) is 0 Å². The highest BCUT2D eigenvalue weighted by atomic mass is 16.3. The molecule has 1 atom stereocenters. The van der Waals surface area contributed by atoms with E-state index in [1.54, 1.807) is 0 Å². The van der Waals surface area contributed by atoms with E-state index in [1.165, 1.54) is 12.8 Å². The molecule has 74 valence electrons. The number of aliphatic hydroxyl groups excluding tert-OH is 1. The zero-order chi connectivity index (χ0) is 9.68. The normalized spacial score (nSPS) is 13.2. The Morgan fingerprint density at radius 2 is 2.31 bits per heavy atom. The van der Waals surface area contributed by atoms with Gasteiger partial charge in [0.15, 0.2) is 0 Å². The molecule has 0 aliphatic rings. The van der Waals surface area contributed by atoms with Crippen LogP contribution in [0.25, 0.3) is 0 Å². The number of hydrogen-bond acceptors (Lipinski definition) is 1. The van der Waals surface area contributed by atoms with Gasteiger partial charge in [0.25, 0.3) is 0 Å². The quantitative estimate of drug-likeness (QED) is 0.741. The number of hydrogen-bond donors (Lipinski definition) is 1. The van der Waals surface area contributed by atoms with Crippen molar-refractivity contribution in [3.63, 3.8) is 0 Å². The predicted molar refractivity (Wildman–Crippen MR) is 54.4 cm³/mol. The third-order valence-electron chi connectivity index (χ3n) is 2.38. The standard InChI is InChI=1S/C11H19NO/c1-3-5-10(2)8-12-7-4-6-11(12)9-13/h4,6-7,10,13H,3,5,8-9H2,1-2H3. The Labute approximate surface area is 80.2 Å². The topological polar surface area (TPSA) is 25.2 Å². The first kappa shape index (κ1) is 10.3. The van der Waals surface area contributed by atoms with Crippen molar-refractivity contribution >= 4 is 0 Å². The second-order valence-electron chi connectivity index (χ2n) is 3.70. The number of aromatic nitrogens is 1. The molecule has 1 unspecified atom stereocenters. The van der Waals surface area contributed by atoms with E-state index in [1.807, 2.05) is 18.3 Å². The summed E-state index contributed by atoms with van der Waals surface area (Å²) in [6, 6.07) is 3.96. The first-order valence-electron chi connectivity index (χ1n) is 5.02. The van der Waals surface area contributed by atoms with Gasteiger partial charge in [-0.15, -0.1) is 0 Å². The monoisotopic (exact) mass is 181 g/mol. The molecule has 1 aromatic heterocycles. The molecular weight excluding hydrogens is 162 g/mol. The van der Waals surface area contributed by atoms with Gasteiger partial charge < -0.3 is 9.67 Å². The van der Waals surface area contributed by atoms with E-state index < -0.39 is 0 Å². The minimum atomic E-state index is 0.145. The Morgan fingerprint density at radius 3 is 2.92 bits per heavy atom. The van der Waals surface area contributed by atoms with E-state index in [0.717, 1.165) is 12.2 Å². The molecule has 13 heavy (non-hydrogen) atoms. The average Bonchev–Trinajstić information content (AvgIpc) is 2.52. The number of nitrogens with zero attached hydrogens (tertiary/aromatic N) is 1. The van der Waals surface area contributed by atoms with E-state index in [4.69, 9.17) is 5.11 Å². The lowest BCUT2D eigenvalue weighted by molar-refractivity contribution is 0.267. The van der Waals surface area contributed by atoms with E-state index in [-0.39, 0.29) is 6.61 Å². The van der Waals surface area contributed by atoms with E-state index in [0.29, 0.717) is 5.92 Å². The van der Waals surface area contributed by atoms with Gasteiger partial charge in [0.05, 0.1) is 6.61 Å². The summed E-state index contributed by atoms with van der Waals surface area (Å²) in [5, 5.41) is 9.03. The SMILES string of the molecule is CCCC(C)Cn1cccc1CO. The molecule has 1 aromatic rings. The largest absolute Gasteiger partial charge is 0.390 e. The molecule has 0 saturated carbocycles. The molecular formula is C11H19NO. The second kappa shape index (κ2) is 5.07. The maximum Gasteiger partial charge on any atom is 0.0832 e. The van der Waals surface area contributed by atoms with Crippen molar-refractivity contribution in [3.8, 4) is 0 Å². The maximum absolute atomic E-state index is 9.03. The van der Waals surface area contributed by atoms with Crippen LogP contribution in [0, 0.1) is 5.92 Å². The Hall–Kier alpha value is -0.760. The lowest BCUT2D eigenvalue weighted by Crippen LogP contribution is -2.09. The molecule has 0 fully saturated rings. The predicted octanol–water partition coefficient (Wildman–Crippen LogP) is 2.42. The highest BCUT2D eigenvalue weighted by molar-refractivity contribution is 5.05. The lowest BCUT2D eigenvalue weighted by Gasteiger charge is -2.13. The van der Waals surface area contributed by atoms with Gasteiger partial charge >= 0.3 is 0 Å². The highest BCUT2D eigenvalue weighted by Crippen LogP contribution is 2.11. The molecule has 2 heteroatoms. The summed E-state index contributed by atoms with van der Waals surface area (Å²) >= 11 is 0. The molecule has 0 aliphatic carbocycles. The Balaban J connectivity index is 2.52. The van der Waals surface area contributed by atoms with Crippen molar-refractivity contribution in [1.29, 1.82) is 0 Å². The van der Waals surface area contributed by atoms with Crippen LogP contribution in [-0.2, 0) is 13.2 Å². The van der Waals surface area contributed by atoms with Gasteiger partial charge in [-0.05, 0) is 24.5 Å². The summed E-state index contributed by atoms with van der Waals surface area (Å²) in [5.41, 5.74) is 1.02. The van der Waals surface area contributed by atoms with E-state index in [2.05, 4.69) is 18.4 Å². The fourth-order valence-electron chi connectivity index (χ4n) is 1.69. The average molecular weight is 181 g/mol. The fourth-order valence-corrected chi connectivity index (χ4v) is 1.69. The fraction of sp³-hybridized carbons (Fsp3) is 0.636. The van der Waals surface area contributed by atoms with Crippen LogP contribution in [-0.4, -0.2) is 9.67 Å². The molecule has 1 N–H and O–H groups in total. The van der Waals surface area contributed by atoms with Gasteiger partial charge in [-0.2, -0.15) is 0 Å². The van der Waals surface area contributed by atoms with Crippen LogP contribution in [0.15, 0.2) is 18.3 Å². The van der Waals surface area contributed by atoms with Gasteiger partial charge in [0, 0.05) is 18.4 Å².